The highest BCUT2D eigenvalue weighted by Gasteiger charge is 2.37. The molecule has 0 spiro atoms. The molecule has 1 aliphatic heterocycles. The van der Waals surface area contributed by atoms with E-state index >= 15 is 0 Å². The average Bonchev–Trinajstić information content (AvgIpc) is 2.47. The molecule has 2 rings (SSSR count). The molecule has 1 aliphatic carbocycles. The van der Waals surface area contributed by atoms with Gasteiger partial charge in [-0.05, 0) is 62.4 Å². The number of hydrogen-bond acceptors (Lipinski definition) is 2. The maximum absolute atomic E-state index is 9.51. The Morgan fingerprint density at radius 1 is 1.10 bits per heavy atom. The Labute approximate surface area is 131 Å². The van der Waals surface area contributed by atoms with E-state index in [1.165, 1.54) is 51.6 Å². The van der Waals surface area contributed by atoms with Gasteiger partial charge in [0.2, 0.25) is 0 Å². The maximum atomic E-state index is 9.51. The number of rotatable bonds is 3. The van der Waals surface area contributed by atoms with Crippen LogP contribution in [0.1, 0.15) is 72.6 Å². The van der Waals surface area contributed by atoms with Crippen molar-refractivity contribution in [3.8, 4) is 6.07 Å². The molecule has 2 aliphatic rings. The molecule has 120 valence electrons. The molecule has 0 radical (unpaired) electrons. The van der Waals surface area contributed by atoms with E-state index < -0.39 is 0 Å². The Bertz CT molecular complexity index is 355. The molecule has 0 bridgehead atoms. The third kappa shape index (κ3) is 4.22. The van der Waals surface area contributed by atoms with Gasteiger partial charge in [-0.25, -0.2) is 0 Å². The van der Waals surface area contributed by atoms with Crippen LogP contribution in [0.25, 0.3) is 0 Å². The Kier molecular flexibility index (Phi) is 5.72. The predicted octanol–water partition coefficient (Wildman–Crippen LogP) is 4.85. The fourth-order valence-electron chi connectivity index (χ4n) is 4.55. The lowest BCUT2D eigenvalue weighted by Gasteiger charge is -2.45. The molecular weight excluding hydrogens is 256 g/mol. The standard InChI is InChI=1S/C19H34N2/c1-5-6-15-7-8-16(14-20)18(13-15)21-11-9-17(10-12-21)19(2,3)4/h15-18H,5-13H2,1-4H3. The van der Waals surface area contributed by atoms with Gasteiger partial charge in [-0.2, -0.15) is 5.26 Å². The monoisotopic (exact) mass is 290 g/mol. The van der Waals surface area contributed by atoms with Crippen LogP contribution in [0.15, 0.2) is 0 Å². The van der Waals surface area contributed by atoms with Crippen LogP contribution in [0.2, 0.25) is 0 Å². The SMILES string of the molecule is CCCC1CCC(C#N)C(N2CCC(C(C)(C)C)CC2)C1. The number of nitrogens with zero attached hydrogens (tertiary/aromatic N) is 2. The second-order valence-corrected chi connectivity index (χ2v) is 8.45. The van der Waals surface area contributed by atoms with Crippen molar-refractivity contribution < 1.29 is 0 Å². The first kappa shape index (κ1) is 16.8. The van der Waals surface area contributed by atoms with Crippen LogP contribution >= 0.6 is 0 Å². The van der Waals surface area contributed by atoms with Crippen molar-refractivity contribution in [1.29, 1.82) is 5.26 Å². The fraction of sp³-hybridized carbons (Fsp3) is 0.947. The lowest BCUT2D eigenvalue weighted by atomic mass is 9.73. The molecular formula is C19H34N2. The number of piperidine rings is 1. The zero-order chi connectivity index (χ0) is 15.5. The van der Waals surface area contributed by atoms with Crippen LogP contribution in [0.4, 0.5) is 0 Å². The van der Waals surface area contributed by atoms with Crippen molar-refractivity contribution in [1.82, 2.24) is 4.90 Å². The summed E-state index contributed by atoms with van der Waals surface area (Å²) in [5.74, 6) is 2.00. The molecule has 1 heterocycles. The lowest BCUT2D eigenvalue weighted by Crippen LogP contribution is -2.48. The molecule has 0 aromatic carbocycles. The van der Waals surface area contributed by atoms with Gasteiger partial charge in [0.1, 0.15) is 0 Å². The van der Waals surface area contributed by atoms with Gasteiger partial charge in [0.05, 0.1) is 12.0 Å². The molecule has 0 amide bonds. The van der Waals surface area contributed by atoms with Crippen molar-refractivity contribution in [2.45, 2.75) is 78.7 Å². The second kappa shape index (κ2) is 7.14. The summed E-state index contributed by atoms with van der Waals surface area (Å²) in [5.41, 5.74) is 0.442. The molecule has 2 nitrogen and oxygen atoms in total. The Hall–Kier alpha value is -0.550. The van der Waals surface area contributed by atoms with Crippen LogP contribution in [0, 0.1) is 34.5 Å². The van der Waals surface area contributed by atoms with Crippen molar-refractivity contribution in [2.24, 2.45) is 23.2 Å². The second-order valence-electron chi connectivity index (χ2n) is 8.45. The molecule has 3 atom stereocenters. The molecule has 0 aromatic rings. The molecule has 2 heteroatoms. The highest BCUT2D eigenvalue weighted by atomic mass is 15.2. The quantitative estimate of drug-likeness (QED) is 0.742. The van der Waals surface area contributed by atoms with Crippen LogP contribution in [-0.2, 0) is 0 Å². The van der Waals surface area contributed by atoms with Gasteiger partial charge >= 0.3 is 0 Å². The zero-order valence-electron chi connectivity index (χ0n) is 14.6. The number of hydrogen-bond donors (Lipinski definition) is 0. The minimum atomic E-state index is 0.282. The summed E-state index contributed by atoms with van der Waals surface area (Å²) < 4.78 is 0. The summed E-state index contributed by atoms with van der Waals surface area (Å²) in [4.78, 5) is 2.66. The molecule has 2 fully saturated rings. The number of likely N-dealkylation sites (tertiary alicyclic amines) is 1. The summed E-state index contributed by atoms with van der Waals surface area (Å²) in [6, 6.07) is 3.16. The average molecular weight is 290 g/mol. The van der Waals surface area contributed by atoms with Gasteiger partial charge in [-0.1, -0.05) is 40.5 Å². The molecule has 1 saturated heterocycles. The normalized spacial score (nSPS) is 32.8. The van der Waals surface area contributed by atoms with E-state index in [4.69, 9.17) is 0 Å². The Balaban J connectivity index is 1.94. The van der Waals surface area contributed by atoms with Crippen LogP contribution in [-0.4, -0.2) is 24.0 Å². The predicted molar refractivity (Wildman–Crippen MR) is 88.9 cm³/mol. The van der Waals surface area contributed by atoms with Gasteiger partial charge in [-0.3, -0.25) is 4.90 Å². The minimum absolute atomic E-state index is 0.282. The summed E-state index contributed by atoms with van der Waals surface area (Å²) in [6.45, 7) is 11.9. The largest absolute Gasteiger partial charge is 0.299 e. The summed E-state index contributed by atoms with van der Waals surface area (Å²) in [6.07, 6.45) is 8.96. The van der Waals surface area contributed by atoms with E-state index in [1.54, 1.807) is 0 Å². The van der Waals surface area contributed by atoms with E-state index in [0.717, 1.165) is 18.3 Å². The van der Waals surface area contributed by atoms with Crippen molar-refractivity contribution in [2.75, 3.05) is 13.1 Å². The Morgan fingerprint density at radius 2 is 1.76 bits per heavy atom. The highest BCUT2D eigenvalue weighted by molar-refractivity contribution is 4.98. The van der Waals surface area contributed by atoms with E-state index in [9.17, 15) is 5.26 Å². The zero-order valence-corrected chi connectivity index (χ0v) is 14.6. The first-order valence-corrected chi connectivity index (χ1v) is 9.09. The third-order valence-electron chi connectivity index (χ3n) is 6.01. The highest BCUT2D eigenvalue weighted by Crippen LogP contribution is 2.39. The van der Waals surface area contributed by atoms with Gasteiger partial charge < -0.3 is 0 Å². The van der Waals surface area contributed by atoms with Crippen LogP contribution < -0.4 is 0 Å². The summed E-state index contributed by atoms with van der Waals surface area (Å²) in [7, 11) is 0. The van der Waals surface area contributed by atoms with Crippen molar-refractivity contribution in [3.05, 3.63) is 0 Å². The van der Waals surface area contributed by atoms with E-state index in [-0.39, 0.29) is 5.92 Å². The van der Waals surface area contributed by atoms with E-state index in [1.807, 2.05) is 0 Å². The molecule has 0 N–H and O–H groups in total. The summed E-state index contributed by atoms with van der Waals surface area (Å²) >= 11 is 0. The van der Waals surface area contributed by atoms with Crippen molar-refractivity contribution in [3.63, 3.8) is 0 Å². The van der Waals surface area contributed by atoms with Crippen LogP contribution in [0.3, 0.4) is 0 Å². The topological polar surface area (TPSA) is 27.0 Å². The van der Waals surface area contributed by atoms with E-state index in [2.05, 4.69) is 38.7 Å². The summed E-state index contributed by atoms with van der Waals surface area (Å²) in [5, 5.41) is 9.51. The lowest BCUT2D eigenvalue weighted by molar-refractivity contribution is 0.0413. The molecule has 21 heavy (non-hydrogen) atoms. The van der Waals surface area contributed by atoms with Crippen LogP contribution in [0.5, 0.6) is 0 Å². The van der Waals surface area contributed by atoms with Gasteiger partial charge in [0.15, 0.2) is 0 Å². The van der Waals surface area contributed by atoms with Crippen molar-refractivity contribution >= 4 is 0 Å². The van der Waals surface area contributed by atoms with Gasteiger partial charge in [-0.15, -0.1) is 0 Å². The van der Waals surface area contributed by atoms with E-state index in [0.29, 0.717) is 11.5 Å². The molecule has 3 unspecified atom stereocenters. The Morgan fingerprint density at radius 3 is 2.29 bits per heavy atom. The van der Waals surface area contributed by atoms with Gasteiger partial charge in [0.25, 0.3) is 0 Å². The smallest absolute Gasteiger partial charge is 0.0672 e. The van der Waals surface area contributed by atoms with Gasteiger partial charge in [0, 0.05) is 6.04 Å². The maximum Gasteiger partial charge on any atom is 0.0672 e. The fourth-order valence-corrected chi connectivity index (χ4v) is 4.55. The minimum Gasteiger partial charge on any atom is -0.299 e. The number of nitriles is 1. The molecule has 0 aromatic heterocycles. The first-order valence-electron chi connectivity index (χ1n) is 9.09. The third-order valence-corrected chi connectivity index (χ3v) is 6.01. The molecule has 1 saturated carbocycles. The first-order chi connectivity index (χ1) is 9.95.